The Morgan fingerprint density at radius 3 is 1.61 bits per heavy atom. The van der Waals surface area contributed by atoms with Gasteiger partial charge in [0.15, 0.2) is 0 Å². The summed E-state index contributed by atoms with van der Waals surface area (Å²) in [4.78, 5) is 23.5. The summed E-state index contributed by atoms with van der Waals surface area (Å²) in [7, 11) is 0. The minimum Gasteiger partial charge on any atom is -0.426 e. The van der Waals surface area contributed by atoms with Crippen LogP contribution in [0.2, 0.25) is 0 Å². The molecule has 0 saturated carbocycles. The molecule has 6 rings (SSSR count). The van der Waals surface area contributed by atoms with Crippen molar-refractivity contribution in [1.82, 2.24) is 9.97 Å². The van der Waals surface area contributed by atoms with Crippen LogP contribution in [0.25, 0.3) is 22.5 Å². The van der Waals surface area contributed by atoms with Gasteiger partial charge in [0.05, 0.1) is 16.8 Å². The molecule has 0 fully saturated rings. The Bertz CT molecular complexity index is 1810. The van der Waals surface area contributed by atoms with Gasteiger partial charge in [-0.3, -0.25) is 14.8 Å². The maximum absolute atomic E-state index is 12.9. The van der Waals surface area contributed by atoms with E-state index >= 15 is 0 Å². The van der Waals surface area contributed by atoms with Crippen molar-refractivity contribution < 1.29 is 30.6 Å². The summed E-state index contributed by atoms with van der Waals surface area (Å²) in [5.41, 5.74) is 5.50. The standard InChI is InChI=1S/C41H34N2O2.Pt/c1-4-40(2,3)39(44)45-34-28-26-33(27-29-34)41(32-20-12-7-13-21-32,37-24-14-22-35(42-37)30-16-8-5-9-17-30)38-25-15-23-36(43-38)31-18-10-6-11-19-31;/h5-16,18,20-29H,4H2,1-3H3;/q-2;+2. The van der Waals surface area contributed by atoms with Crippen molar-refractivity contribution in [3.05, 3.63) is 174 Å². The molecule has 46 heavy (non-hydrogen) atoms. The second kappa shape index (κ2) is 14.2. The van der Waals surface area contributed by atoms with Gasteiger partial charge in [0.2, 0.25) is 0 Å². The molecule has 4 nitrogen and oxygen atoms in total. The van der Waals surface area contributed by atoms with Crippen molar-refractivity contribution in [1.29, 1.82) is 0 Å². The number of benzene rings is 4. The molecule has 4 aromatic carbocycles. The van der Waals surface area contributed by atoms with E-state index in [0.29, 0.717) is 12.2 Å². The fourth-order valence-electron chi connectivity index (χ4n) is 5.43. The number of carbonyl (C=O) groups is 1. The SMILES string of the molecule is CCC(C)(C)C(=O)Oc1ccc(C(c2ccccc2)(c2cccc(-c3[c-]cccc3)n2)c2cccc(-c3[c-]cccc3)n2)cc1.[Pt+2]. The average Bonchev–Trinajstić information content (AvgIpc) is 3.11. The molecule has 230 valence electrons. The molecule has 0 saturated heterocycles. The topological polar surface area (TPSA) is 52.1 Å². The smallest absolute Gasteiger partial charge is 0.426 e. The molecule has 0 bridgehead atoms. The fourth-order valence-corrected chi connectivity index (χ4v) is 5.43. The first-order valence-corrected chi connectivity index (χ1v) is 15.2. The van der Waals surface area contributed by atoms with Crippen molar-refractivity contribution in [2.45, 2.75) is 32.6 Å². The van der Waals surface area contributed by atoms with E-state index in [1.165, 1.54) is 0 Å². The van der Waals surface area contributed by atoms with Crippen LogP contribution in [0, 0.1) is 17.5 Å². The molecule has 0 aliphatic heterocycles. The van der Waals surface area contributed by atoms with Gasteiger partial charge in [-0.1, -0.05) is 73.7 Å². The first kappa shape index (κ1) is 32.7. The van der Waals surface area contributed by atoms with Gasteiger partial charge in [0.25, 0.3) is 0 Å². The second-order valence-electron chi connectivity index (χ2n) is 11.6. The number of rotatable bonds is 9. The first-order valence-electron chi connectivity index (χ1n) is 15.2. The molecular weight excluding hydrogens is 748 g/mol. The third kappa shape index (κ3) is 6.50. The zero-order chi connectivity index (χ0) is 31.3. The van der Waals surface area contributed by atoms with E-state index in [4.69, 9.17) is 14.7 Å². The molecule has 2 heterocycles. The van der Waals surface area contributed by atoms with E-state index in [0.717, 1.165) is 45.0 Å². The fraction of sp³-hybridized carbons (Fsp3) is 0.146. The van der Waals surface area contributed by atoms with Crippen LogP contribution in [-0.4, -0.2) is 15.9 Å². The molecule has 0 amide bonds. The Kier molecular flexibility index (Phi) is 10.1. The minimum atomic E-state index is -0.915. The number of carbonyl (C=O) groups excluding carboxylic acids is 1. The van der Waals surface area contributed by atoms with Gasteiger partial charge >= 0.3 is 27.0 Å². The van der Waals surface area contributed by atoms with Gasteiger partial charge in [-0.25, -0.2) is 0 Å². The number of ether oxygens (including phenoxy) is 1. The predicted molar refractivity (Wildman–Crippen MR) is 179 cm³/mol. The van der Waals surface area contributed by atoms with Crippen LogP contribution < -0.4 is 4.74 Å². The largest absolute Gasteiger partial charge is 2.00 e. The van der Waals surface area contributed by atoms with Crippen molar-refractivity contribution in [2.24, 2.45) is 5.41 Å². The Hall–Kier alpha value is -4.66. The Morgan fingerprint density at radius 1 is 0.630 bits per heavy atom. The molecule has 5 heteroatoms. The van der Waals surface area contributed by atoms with Crippen molar-refractivity contribution >= 4 is 5.97 Å². The average molecular weight is 782 g/mol. The Labute approximate surface area is 285 Å². The molecule has 0 unspecified atom stereocenters. The van der Waals surface area contributed by atoms with Gasteiger partial charge in [-0.2, -0.15) is 0 Å². The molecule has 0 spiro atoms. The van der Waals surface area contributed by atoms with Crippen molar-refractivity contribution in [3.8, 4) is 28.3 Å². The summed E-state index contributed by atoms with van der Waals surface area (Å²) >= 11 is 0. The summed E-state index contributed by atoms with van der Waals surface area (Å²) in [6, 6.07) is 52.6. The number of pyridine rings is 2. The number of aromatic nitrogens is 2. The minimum absolute atomic E-state index is 0. The van der Waals surface area contributed by atoms with E-state index in [2.05, 4.69) is 36.4 Å². The van der Waals surface area contributed by atoms with Crippen LogP contribution in [0.4, 0.5) is 0 Å². The van der Waals surface area contributed by atoms with Gasteiger partial charge < -0.3 is 4.74 Å². The summed E-state index contributed by atoms with van der Waals surface area (Å²) in [6.07, 6.45) is 0.683. The second-order valence-corrected chi connectivity index (χ2v) is 11.6. The number of hydrogen-bond acceptors (Lipinski definition) is 4. The summed E-state index contributed by atoms with van der Waals surface area (Å²) < 4.78 is 5.83. The van der Waals surface area contributed by atoms with Crippen LogP contribution in [0.3, 0.4) is 0 Å². The number of hydrogen-bond donors (Lipinski definition) is 0. The van der Waals surface area contributed by atoms with Crippen LogP contribution in [0.1, 0.15) is 49.7 Å². The van der Waals surface area contributed by atoms with Gasteiger partial charge in [0.1, 0.15) is 11.2 Å². The maximum Gasteiger partial charge on any atom is 2.00 e. The molecule has 0 atom stereocenters. The number of esters is 1. The third-order valence-corrected chi connectivity index (χ3v) is 8.38. The van der Waals surface area contributed by atoms with E-state index in [1.54, 1.807) is 0 Å². The van der Waals surface area contributed by atoms with Gasteiger partial charge in [-0.05, 0) is 67.0 Å². The van der Waals surface area contributed by atoms with E-state index in [1.807, 2.05) is 136 Å². The van der Waals surface area contributed by atoms with E-state index in [-0.39, 0.29) is 27.0 Å². The first-order chi connectivity index (χ1) is 21.9. The van der Waals surface area contributed by atoms with Crippen LogP contribution in [0.5, 0.6) is 5.75 Å². The maximum atomic E-state index is 12.9. The molecular formula is C41H34N2O2Pt. The van der Waals surface area contributed by atoms with Crippen molar-refractivity contribution in [3.63, 3.8) is 0 Å². The van der Waals surface area contributed by atoms with Crippen LogP contribution >= 0.6 is 0 Å². The molecule has 0 aliphatic carbocycles. The van der Waals surface area contributed by atoms with E-state index < -0.39 is 10.8 Å². The summed E-state index contributed by atoms with van der Waals surface area (Å²) in [5, 5.41) is 0. The Morgan fingerprint density at radius 2 is 1.13 bits per heavy atom. The van der Waals surface area contributed by atoms with Crippen LogP contribution in [-0.2, 0) is 31.3 Å². The number of nitrogens with zero attached hydrogens (tertiary/aromatic N) is 2. The van der Waals surface area contributed by atoms with Gasteiger partial charge in [-0.15, -0.1) is 71.8 Å². The molecule has 0 aliphatic rings. The predicted octanol–water partition coefficient (Wildman–Crippen LogP) is 9.13. The zero-order valence-corrected chi connectivity index (χ0v) is 28.3. The van der Waals surface area contributed by atoms with Crippen LogP contribution in [0.15, 0.2) is 140 Å². The normalized spacial score (nSPS) is 11.4. The molecule has 6 aromatic rings. The molecule has 0 radical (unpaired) electrons. The third-order valence-electron chi connectivity index (χ3n) is 8.38. The van der Waals surface area contributed by atoms with Crippen molar-refractivity contribution in [2.75, 3.05) is 0 Å². The van der Waals surface area contributed by atoms with Gasteiger partial charge in [0, 0.05) is 0 Å². The summed E-state index contributed by atoms with van der Waals surface area (Å²) in [5.74, 6) is 0.238. The quantitative estimate of drug-likeness (QED) is 0.0835. The molecule has 2 aromatic heterocycles. The zero-order valence-electron chi connectivity index (χ0n) is 26.0. The van der Waals surface area contributed by atoms with E-state index in [9.17, 15) is 4.79 Å². The summed E-state index contributed by atoms with van der Waals surface area (Å²) in [6.45, 7) is 5.78. The monoisotopic (exact) mass is 781 g/mol. The Balaban J connectivity index is 0.00000417. The molecule has 0 N–H and O–H groups in total.